The third-order valence-corrected chi connectivity index (χ3v) is 4.86. The number of fused-ring (bicyclic) bond motifs is 1. The summed E-state index contributed by atoms with van der Waals surface area (Å²) in [4.78, 5) is 28.8. The molecule has 2 aliphatic rings. The first-order valence-electron chi connectivity index (χ1n) is 8.47. The van der Waals surface area contributed by atoms with Gasteiger partial charge in [-0.3, -0.25) is 14.7 Å². The maximum absolute atomic E-state index is 12.7. The molecular formula is C18H20N4O3. The van der Waals surface area contributed by atoms with Gasteiger partial charge >= 0.3 is 0 Å². The fraction of sp³-hybridized carbons (Fsp3) is 0.389. The molecule has 0 saturated carbocycles. The molecule has 1 aromatic heterocycles. The van der Waals surface area contributed by atoms with Crippen LogP contribution in [0.4, 0.5) is 0 Å². The van der Waals surface area contributed by atoms with E-state index in [2.05, 4.69) is 10.2 Å². The lowest BCUT2D eigenvalue weighted by Gasteiger charge is -2.23. The molecule has 1 N–H and O–H groups in total. The van der Waals surface area contributed by atoms with Crippen molar-refractivity contribution >= 4 is 11.8 Å². The molecule has 0 unspecified atom stereocenters. The molecule has 2 amide bonds. The Balaban J connectivity index is 1.46. The van der Waals surface area contributed by atoms with Gasteiger partial charge in [0.2, 0.25) is 0 Å². The number of aromatic amines is 1. The number of nitrogens with one attached hydrogen (secondary N) is 1. The van der Waals surface area contributed by atoms with Crippen LogP contribution in [0.3, 0.4) is 0 Å². The molecule has 0 radical (unpaired) electrons. The summed E-state index contributed by atoms with van der Waals surface area (Å²) in [5.74, 6) is 0.0698. The topological polar surface area (TPSA) is 78.5 Å². The Morgan fingerprint density at radius 1 is 1.04 bits per heavy atom. The lowest BCUT2D eigenvalue weighted by molar-refractivity contribution is 0.0476. The van der Waals surface area contributed by atoms with Crippen LogP contribution >= 0.6 is 0 Å². The standard InChI is InChI=1S/C18H20N4O3/c23-17(13-4-2-1-3-5-13)21-8-9-25-16-12-22(11-14(16)10-21)18(24)15-6-7-19-20-15/h1-7,14,16H,8-12H2,(H,19,20)/t14-,16+/m0/s1. The largest absolute Gasteiger partial charge is 0.374 e. The maximum atomic E-state index is 12.7. The number of hydrogen-bond donors (Lipinski definition) is 1. The Kier molecular flexibility index (Phi) is 4.23. The molecule has 2 saturated heterocycles. The third kappa shape index (κ3) is 3.15. The molecule has 1 aromatic carbocycles. The van der Waals surface area contributed by atoms with E-state index < -0.39 is 0 Å². The lowest BCUT2D eigenvalue weighted by atomic mass is 10.1. The molecule has 7 heteroatoms. The van der Waals surface area contributed by atoms with Crippen molar-refractivity contribution in [2.24, 2.45) is 5.92 Å². The van der Waals surface area contributed by atoms with Gasteiger partial charge in [0.1, 0.15) is 5.69 Å². The second-order valence-corrected chi connectivity index (χ2v) is 6.47. The average molecular weight is 340 g/mol. The van der Waals surface area contributed by atoms with Gasteiger partial charge in [-0.2, -0.15) is 5.10 Å². The van der Waals surface area contributed by atoms with Gasteiger partial charge in [-0.1, -0.05) is 18.2 Å². The average Bonchev–Trinajstić information content (AvgIpc) is 3.27. The Morgan fingerprint density at radius 3 is 2.60 bits per heavy atom. The first-order chi connectivity index (χ1) is 12.2. The smallest absolute Gasteiger partial charge is 0.271 e. The van der Waals surface area contributed by atoms with Crippen molar-refractivity contribution in [1.29, 1.82) is 0 Å². The van der Waals surface area contributed by atoms with E-state index >= 15 is 0 Å². The van der Waals surface area contributed by atoms with E-state index in [1.807, 2.05) is 35.2 Å². The minimum absolute atomic E-state index is 0.0168. The van der Waals surface area contributed by atoms with Crippen molar-refractivity contribution in [2.75, 3.05) is 32.8 Å². The van der Waals surface area contributed by atoms with Crippen molar-refractivity contribution in [2.45, 2.75) is 6.10 Å². The first kappa shape index (κ1) is 15.8. The summed E-state index contributed by atoms with van der Waals surface area (Å²) < 4.78 is 5.93. The summed E-state index contributed by atoms with van der Waals surface area (Å²) in [5, 5.41) is 6.54. The van der Waals surface area contributed by atoms with Crippen LogP contribution in [0.1, 0.15) is 20.8 Å². The minimum Gasteiger partial charge on any atom is -0.374 e. The maximum Gasteiger partial charge on any atom is 0.271 e. The Labute approximate surface area is 145 Å². The van der Waals surface area contributed by atoms with Gasteiger partial charge in [0, 0.05) is 43.9 Å². The van der Waals surface area contributed by atoms with Crippen molar-refractivity contribution in [3.05, 3.63) is 53.9 Å². The highest BCUT2D eigenvalue weighted by Gasteiger charge is 2.39. The predicted molar refractivity (Wildman–Crippen MR) is 90.1 cm³/mol. The van der Waals surface area contributed by atoms with Crippen molar-refractivity contribution < 1.29 is 14.3 Å². The molecular weight excluding hydrogens is 320 g/mol. The highest BCUT2D eigenvalue weighted by molar-refractivity contribution is 5.94. The van der Waals surface area contributed by atoms with Gasteiger partial charge in [-0.25, -0.2) is 0 Å². The molecule has 2 fully saturated rings. The number of rotatable bonds is 2. The Bertz CT molecular complexity index is 747. The second-order valence-electron chi connectivity index (χ2n) is 6.47. The summed E-state index contributed by atoms with van der Waals surface area (Å²) in [5.41, 5.74) is 1.16. The van der Waals surface area contributed by atoms with E-state index in [0.717, 1.165) is 0 Å². The molecule has 4 rings (SSSR count). The Hall–Kier alpha value is -2.67. The second kappa shape index (κ2) is 6.68. The molecule has 25 heavy (non-hydrogen) atoms. The summed E-state index contributed by atoms with van der Waals surface area (Å²) in [6.07, 6.45) is 1.54. The van der Waals surface area contributed by atoms with Crippen LogP contribution in [-0.2, 0) is 4.74 Å². The van der Waals surface area contributed by atoms with Gasteiger partial charge in [-0.15, -0.1) is 0 Å². The van der Waals surface area contributed by atoms with Crippen molar-refractivity contribution in [3.8, 4) is 0 Å². The van der Waals surface area contributed by atoms with Gasteiger partial charge in [0.15, 0.2) is 0 Å². The molecule has 0 spiro atoms. The van der Waals surface area contributed by atoms with E-state index in [4.69, 9.17) is 4.74 Å². The van der Waals surface area contributed by atoms with Gasteiger partial charge < -0.3 is 14.5 Å². The first-order valence-corrected chi connectivity index (χ1v) is 8.47. The number of carbonyl (C=O) groups excluding carboxylic acids is 2. The van der Waals surface area contributed by atoms with Crippen LogP contribution in [0.2, 0.25) is 0 Å². The zero-order valence-corrected chi connectivity index (χ0v) is 13.8. The molecule has 0 aliphatic carbocycles. The summed E-state index contributed by atoms with van der Waals surface area (Å²) >= 11 is 0. The monoisotopic (exact) mass is 340 g/mol. The highest BCUT2D eigenvalue weighted by atomic mass is 16.5. The van der Waals surface area contributed by atoms with E-state index in [9.17, 15) is 9.59 Å². The number of nitrogens with zero attached hydrogens (tertiary/aromatic N) is 3. The van der Waals surface area contributed by atoms with Crippen molar-refractivity contribution in [1.82, 2.24) is 20.0 Å². The summed E-state index contributed by atoms with van der Waals surface area (Å²) in [6.45, 7) is 2.81. The number of likely N-dealkylation sites (tertiary alicyclic amines) is 1. The molecule has 0 bridgehead atoms. The normalized spacial score (nSPS) is 23.2. The fourth-order valence-corrected chi connectivity index (χ4v) is 3.55. The zero-order chi connectivity index (χ0) is 17.2. The van der Waals surface area contributed by atoms with Crippen molar-refractivity contribution in [3.63, 3.8) is 0 Å². The Morgan fingerprint density at radius 2 is 1.84 bits per heavy atom. The van der Waals surface area contributed by atoms with Gasteiger partial charge in [0.25, 0.3) is 11.8 Å². The van der Waals surface area contributed by atoms with Crippen LogP contribution < -0.4 is 0 Å². The molecule has 2 atom stereocenters. The molecule has 2 aliphatic heterocycles. The fourth-order valence-electron chi connectivity index (χ4n) is 3.55. The van der Waals surface area contributed by atoms with E-state index in [1.165, 1.54) is 0 Å². The van der Waals surface area contributed by atoms with Crippen LogP contribution in [0.15, 0.2) is 42.6 Å². The number of hydrogen-bond acceptors (Lipinski definition) is 4. The zero-order valence-electron chi connectivity index (χ0n) is 13.8. The third-order valence-electron chi connectivity index (χ3n) is 4.86. The molecule has 3 heterocycles. The number of amides is 2. The van der Waals surface area contributed by atoms with Crippen LogP contribution in [0, 0.1) is 5.92 Å². The summed E-state index contributed by atoms with van der Waals surface area (Å²) in [6, 6.07) is 11.0. The minimum atomic E-state index is -0.0740. The van der Waals surface area contributed by atoms with E-state index in [1.54, 1.807) is 17.2 Å². The number of H-pyrrole nitrogens is 1. The summed E-state index contributed by atoms with van der Waals surface area (Å²) in [7, 11) is 0. The number of benzene rings is 1. The molecule has 130 valence electrons. The van der Waals surface area contributed by atoms with Gasteiger partial charge in [-0.05, 0) is 18.2 Å². The number of carbonyl (C=O) groups is 2. The molecule has 7 nitrogen and oxygen atoms in total. The number of ether oxygens (including phenoxy) is 1. The highest BCUT2D eigenvalue weighted by Crippen LogP contribution is 2.25. The van der Waals surface area contributed by atoms with Crippen LogP contribution in [0.5, 0.6) is 0 Å². The quantitative estimate of drug-likeness (QED) is 0.885. The van der Waals surface area contributed by atoms with Gasteiger partial charge in [0.05, 0.1) is 12.7 Å². The van der Waals surface area contributed by atoms with E-state index in [0.29, 0.717) is 44.0 Å². The molecule has 2 aromatic rings. The SMILES string of the molecule is O=C(c1ccccc1)N1CCO[C@@H]2CN(C(=O)c3ccn[nH]3)C[C@@H]2C1. The number of aromatic nitrogens is 2. The predicted octanol–water partition coefficient (Wildman–Crippen LogP) is 1.02. The lowest BCUT2D eigenvalue weighted by Crippen LogP contribution is -2.38. The van der Waals surface area contributed by atoms with Crippen LogP contribution in [-0.4, -0.2) is 70.7 Å². The van der Waals surface area contributed by atoms with Crippen LogP contribution in [0.25, 0.3) is 0 Å². The van der Waals surface area contributed by atoms with E-state index in [-0.39, 0.29) is 23.8 Å².